The maximum atomic E-state index is 6.47. The van der Waals surface area contributed by atoms with Crippen molar-refractivity contribution in [2.24, 2.45) is 34.3 Å². The Morgan fingerprint density at radius 2 is 1.71 bits per heavy atom. The van der Waals surface area contributed by atoms with Gasteiger partial charge in [-0.1, -0.05) is 96.4 Å². The highest BCUT2D eigenvalue weighted by molar-refractivity contribution is 5.35. The smallest absolute Gasteiger partial charge is 0.00430 e. The maximum absolute atomic E-state index is 6.47. The predicted molar refractivity (Wildman–Crippen MR) is 157 cm³/mol. The fourth-order valence-corrected chi connectivity index (χ4v) is 6.86. The van der Waals surface area contributed by atoms with E-state index in [9.17, 15) is 0 Å². The number of allylic oxidation sites excluding steroid dienone is 4. The van der Waals surface area contributed by atoms with Crippen molar-refractivity contribution >= 4 is 0 Å². The molecule has 2 N–H and O–H groups in total. The molecule has 0 aliphatic heterocycles. The Bertz CT molecular complexity index is 865. The molecule has 0 aromatic heterocycles. The summed E-state index contributed by atoms with van der Waals surface area (Å²) in [6.45, 7) is 24.5. The van der Waals surface area contributed by atoms with Gasteiger partial charge in [0.25, 0.3) is 0 Å². The van der Waals surface area contributed by atoms with Crippen LogP contribution in [0.3, 0.4) is 0 Å². The summed E-state index contributed by atoms with van der Waals surface area (Å²) in [6, 6.07) is 7.06. The first-order chi connectivity index (χ1) is 16.3. The standard InChI is InChI=1S/C34H57N/c1-11-18-34(10,22-29(20-24(2)3)31-21-25(4)15-16-26(31)5)19-17-28(23-35)30-13-12-14-32(27(30)6)33(7,8)9/h12,14-16,21,24,28-30H,11,13,17-20,22-23,35H2,1-10H3. The molecule has 35 heavy (non-hydrogen) atoms. The molecular formula is C34H57N. The molecule has 1 heteroatoms. The van der Waals surface area contributed by atoms with Gasteiger partial charge in [-0.3, -0.25) is 0 Å². The van der Waals surface area contributed by atoms with E-state index < -0.39 is 0 Å². The fourth-order valence-electron chi connectivity index (χ4n) is 6.86. The van der Waals surface area contributed by atoms with E-state index in [1.807, 2.05) is 0 Å². The number of aryl methyl sites for hydroxylation is 2. The first-order valence-corrected chi connectivity index (χ1v) is 14.5. The molecule has 0 heterocycles. The van der Waals surface area contributed by atoms with Gasteiger partial charge in [0.05, 0.1) is 0 Å². The molecule has 0 bridgehead atoms. The van der Waals surface area contributed by atoms with Crippen LogP contribution in [-0.2, 0) is 0 Å². The Balaban J connectivity index is 2.26. The van der Waals surface area contributed by atoms with Crippen LogP contribution in [0.15, 0.2) is 41.5 Å². The van der Waals surface area contributed by atoms with Crippen LogP contribution >= 0.6 is 0 Å². The van der Waals surface area contributed by atoms with Crippen LogP contribution in [-0.4, -0.2) is 6.54 Å². The summed E-state index contributed by atoms with van der Waals surface area (Å²) in [5.74, 6) is 2.50. The maximum Gasteiger partial charge on any atom is -0.00430 e. The molecule has 1 aromatic carbocycles. The molecule has 0 fully saturated rings. The zero-order chi connectivity index (χ0) is 26.4. The SMILES string of the molecule is CCCC(C)(CCC(CN)C1CC=CC(C(C)(C)C)=C1C)CC(CC(C)C)c1cc(C)ccc1C. The van der Waals surface area contributed by atoms with Gasteiger partial charge in [0.1, 0.15) is 0 Å². The van der Waals surface area contributed by atoms with Crippen LogP contribution in [0.1, 0.15) is 123 Å². The van der Waals surface area contributed by atoms with Crippen molar-refractivity contribution in [3.8, 4) is 0 Å². The van der Waals surface area contributed by atoms with Crippen molar-refractivity contribution in [3.05, 3.63) is 58.2 Å². The third-order valence-corrected chi connectivity index (χ3v) is 8.68. The third kappa shape index (κ3) is 8.34. The van der Waals surface area contributed by atoms with Gasteiger partial charge >= 0.3 is 0 Å². The molecule has 1 aromatic rings. The molecule has 4 atom stereocenters. The third-order valence-electron chi connectivity index (χ3n) is 8.68. The van der Waals surface area contributed by atoms with E-state index in [1.165, 1.54) is 55.2 Å². The molecule has 1 aliphatic carbocycles. The van der Waals surface area contributed by atoms with Crippen LogP contribution in [0, 0.1) is 42.4 Å². The van der Waals surface area contributed by atoms with Gasteiger partial charge in [-0.05, 0) is 117 Å². The number of hydrogen-bond donors (Lipinski definition) is 1. The van der Waals surface area contributed by atoms with E-state index in [1.54, 1.807) is 11.1 Å². The zero-order valence-electron chi connectivity index (χ0n) is 24.9. The number of rotatable bonds is 12. The van der Waals surface area contributed by atoms with E-state index in [0.717, 1.165) is 13.0 Å². The van der Waals surface area contributed by atoms with Gasteiger partial charge in [-0.15, -0.1) is 0 Å². The number of nitrogens with two attached hydrogens (primary N) is 1. The number of hydrogen-bond acceptors (Lipinski definition) is 1. The summed E-state index contributed by atoms with van der Waals surface area (Å²) in [7, 11) is 0. The summed E-state index contributed by atoms with van der Waals surface area (Å²) in [6.07, 6.45) is 13.6. The zero-order valence-corrected chi connectivity index (χ0v) is 24.9. The average Bonchev–Trinajstić information content (AvgIpc) is 2.75. The van der Waals surface area contributed by atoms with Crippen LogP contribution in [0.4, 0.5) is 0 Å². The quantitative estimate of drug-likeness (QED) is 0.317. The van der Waals surface area contributed by atoms with Crippen LogP contribution < -0.4 is 5.73 Å². The molecule has 1 aliphatic rings. The lowest BCUT2D eigenvalue weighted by atomic mass is 9.67. The van der Waals surface area contributed by atoms with Crippen LogP contribution in [0.5, 0.6) is 0 Å². The van der Waals surface area contributed by atoms with Gasteiger partial charge in [0, 0.05) is 0 Å². The van der Waals surface area contributed by atoms with Crippen molar-refractivity contribution in [1.82, 2.24) is 0 Å². The summed E-state index contributed by atoms with van der Waals surface area (Å²) < 4.78 is 0. The minimum Gasteiger partial charge on any atom is -0.330 e. The van der Waals surface area contributed by atoms with Gasteiger partial charge in [0.2, 0.25) is 0 Å². The summed E-state index contributed by atoms with van der Waals surface area (Å²) in [4.78, 5) is 0. The van der Waals surface area contributed by atoms with Crippen LogP contribution in [0.25, 0.3) is 0 Å². The molecule has 0 saturated carbocycles. The highest BCUT2D eigenvalue weighted by atomic mass is 14.6. The minimum atomic E-state index is 0.199. The van der Waals surface area contributed by atoms with Crippen LogP contribution in [0.2, 0.25) is 0 Å². The number of benzene rings is 1. The molecule has 0 saturated heterocycles. The molecule has 0 radical (unpaired) electrons. The first-order valence-electron chi connectivity index (χ1n) is 14.5. The van der Waals surface area contributed by atoms with Gasteiger partial charge in [-0.2, -0.15) is 0 Å². The van der Waals surface area contributed by atoms with Gasteiger partial charge in [0.15, 0.2) is 0 Å². The Morgan fingerprint density at radius 1 is 1.03 bits per heavy atom. The second kappa shape index (κ2) is 12.8. The predicted octanol–water partition coefficient (Wildman–Crippen LogP) is 9.92. The molecule has 0 spiro atoms. The van der Waals surface area contributed by atoms with Crippen molar-refractivity contribution in [3.63, 3.8) is 0 Å². The second-order valence-electron chi connectivity index (χ2n) is 13.6. The van der Waals surface area contributed by atoms with Crippen molar-refractivity contribution < 1.29 is 0 Å². The second-order valence-corrected chi connectivity index (χ2v) is 13.6. The Hall–Kier alpha value is -1.34. The van der Waals surface area contributed by atoms with E-state index in [2.05, 4.69) is 99.6 Å². The van der Waals surface area contributed by atoms with E-state index in [0.29, 0.717) is 29.1 Å². The highest BCUT2D eigenvalue weighted by Crippen LogP contribution is 2.45. The average molecular weight is 480 g/mol. The van der Waals surface area contributed by atoms with Gasteiger partial charge in [-0.25, -0.2) is 0 Å². The summed E-state index contributed by atoms with van der Waals surface area (Å²) >= 11 is 0. The monoisotopic (exact) mass is 479 g/mol. The lowest BCUT2D eigenvalue weighted by molar-refractivity contribution is 0.187. The van der Waals surface area contributed by atoms with Crippen molar-refractivity contribution in [2.45, 2.75) is 120 Å². The molecule has 0 amide bonds. The van der Waals surface area contributed by atoms with E-state index >= 15 is 0 Å². The molecule has 4 unspecified atom stereocenters. The van der Waals surface area contributed by atoms with E-state index in [4.69, 9.17) is 5.73 Å². The fraction of sp³-hybridized carbons (Fsp3) is 0.706. The summed E-state index contributed by atoms with van der Waals surface area (Å²) in [5.41, 5.74) is 14.6. The minimum absolute atomic E-state index is 0.199. The van der Waals surface area contributed by atoms with Gasteiger partial charge < -0.3 is 5.73 Å². The van der Waals surface area contributed by atoms with Crippen molar-refractivity contribution in [1.29, 1.82) is 0 Å². The molecule has 1 nitrogen and oxygen atoms in total. The Labute approximate surface area is 219 Å². The Kier molecular flexibility index (Phi) is 10.9. The largest absolute Gasteiger partial charge is 0.330 e. The van der Waals surface area contributed by atoms with Crippen molar-refractivity contribution in [2.75, 3.05) is 6.54 Å². The summed E-state index contributed by atoms with van der Waals surface area (Å²) in [5, 5.41) is 0. The lowest BCUT2D eigenvalue weighted by Crippen LogP contribution is -2.30. The lowest BCUT2D eigenvalue weighted by Gasteiger charge is -2.38. The Morgan fingerprint density at radius 3 is 2.29 bits per heavy atom. The molecular weight excluding hydrogens is 422 g/mol. The molecule has 2 rings (SSSR count). The highest BCUT2D eigenvalue weighted by Gasteiger charge is 2.33. The normalized spacial score (nSPS) is 20.3. The first kappa shape index (κ1) is 29.9. The topological polar surface area (TPSA) is 26.0 Å². The molecule has 198 valence electrons. The van der Waals surface area contributed by atoms with E-state index in [-0.39, 0.29) is 5.41 Å².